The Balaban J connectivity index is 1.98. The summed E-state index contributed by atoms with van der Waals surface area (Å²) in [5, 5.41) is 23.3. The molecule has 0 radical (unpaired) electrons. The lowest BCUT2D eigenvalue weighted by atomic mass is 9.80. The summed E-state index contributed by atoms with van der Waals surface area (Å²) < 4.78 is 0. The van der Waals surface area contributed by atoms with Gasteiger partial charge in [-0.3, -0.25) is 0 Å². The molecule has 0 spiro atoms. The van der Waals surface area contributed by atoms with E-state index in [4.69, 9.17) is 0 Å². The van der Waals surface area contributed by atoms with Gasteiger partial charge in [0.25, 0.3) is 0 Å². The molecule has 2 rings (SSSR count). The zero-order valence-electron chi connectivity index (χ0n) is 9.65. The Morgan fingerprint density at radius 2 is 2.12 bits per heavy atom. The van der Waals surface area contributed by atoms with Crippen LogP contribution in [0, 0.1) is 6.92 Å². The van der Waals surface area contributed by atoms with Gasteiger partial charge in [-0.2, -0.15) is 0 Å². The Kier molecular flexibility index (Phi) is 3.62. The second kappa shape index (κ2) is 4.82. The maximum Gasteiger partial charge on any atom is 0.0955 e. The summed E-state index contributed by atoms with van der Waals surface area (Å²) in [5.74, 6) is 0. The molecule has 0 saturated heterocycles. The molecule has 1 saturated carbocycles. The van der Waals surface area contributed by atoms with Crippen LogP contribution in [0.1, 0.15) is 42.8 Å². The predicted molar refractivity (Wildman–Crippen MR) is 64.6 cm³/mol. The summed E-state index contributed by atoms with van der Waals surface area (Å²) in [4.78, 5) is 4.32. The molecule has 2 N–H and O–H groups in total. The average Bonchev–Trinajstić information content (AvgIpc) is 2.65. The van der Waals surface area contributed by atoms with E-state index in [1.165, 1.54) is 6.42 Å². The molecule has 90 valence electrons. The lowest BCUT2D eigenvalue weighted by Gasteiger charge is -2.36. The SMILES string of the molecule is Cc1csc(CC(O)C2(O)CCCCC2)n1. The average molecular weight is 241 g/mol. The van der Waals surface area contributed by atoms with Crippen LogP contribution in [-0.4, -0.2) is 26.9 Å². The van der Waals surface area contributed by atoms with Gasteiger partial charge in [-0.15, -0.1) is 11.3 Å². The van der Waals surface area contributed by atoms with Crippen LogP contribution < -0.4 is 0 Å². The fourth-order valence-corrected chi connectivity index (χ4v) is 3.16. The Bertz CT molecular complexity index is 345. The predicted octanol–water partition coefficient (Wildman–Crippen LogP) is 2.05. The highest BCUT2D eigenvalue weighted by Crippen LogP contribution is 2.32. The van der Waals surface area contributed by atoms with Crippen LogP contribution in [-0.2, 0) is 6.42 Å². The molecule has 0 bridgehead atoms. The standard InChI is InChI=1S/C12H19NO2S/c1-9-8-16-11(13-9)7-10(14)12(15)5-3-2-4-6-12/h8,10,14-15H,2-7H2,1H3. The zero-order valence-corrected chi connectivity index (χ0v) is 10.5. The van der Waals surface area contributed by atoms with Crippen molar-refractivity contribution in [1.29, 1.82) is 0 Å². The Morgan fingerprint density at radius 3 is 2.69 bits per heavy atom. The zero-order chi connectivity index (χ0) is 11.6. The molecule has 4 heteroatoms. The first kappa shape index (κ1) is 12.0. The van der Waals surface area contributed by atoms with Crippen LogP contribution in [0.2, 0.25) is 0 Å². The van der Waals surface area contributed by atoms with Crippen molar-refractivity contribution in [2.45, 2.75) is 57.2 Å². The van der Waals surface area contributed by atoms with Crippen LogP contribution in [0.25, 0.3) is 0 Å². The van der Waals surface area contributed by atoms with E-state index in [0.717, 1.165) is 36.4 Å². The van der Waals surface area contributed by atoms with Crippen molar-refractivity contribution in [3.8, 4) is 0 Å². The van der Waals surface area contributed by atoms with Gasteiger partial charge in [-0.25, -0.2) is 4.98 Å². The highest BCUT2D eigenvalue weighted by Gasteiger charge is 2.37. The fraction of sp³-hybridized carbons (Fsp3) is 0.750. The van der Waals surface area contributed by atoms with Crippen molar-refractivity contribution in [2.24, 2.45) is 0 Å². The molecule has 0 amide bonds. The van der Waals surface area contributed by atoms with E-state index >= 15 is 0 Å². The number of aryl methyl sites for hydroxylation is 1. The summed E-state index contributed by atoms with van der Waals surface area (Å²) in [6.07, 6.45) is 4.46. The van der Waals surface area contributed by atoms with E-state index in [-0.39, 0.29) is 0 Å². The molecule has 1 aromatic rings. The molecule has 1 aliphatic rings. The molecule has 0 aliphatic heterocycles. The van der Waals surface area contributed by atoms with Crippen LogP contribution in [0.4, 0.5) is 0 Å². The maximum atomic E-state index is 10.3. The summed E-state index contributed by atoms with van der Waals surface area (Å²) in [6.45, 7) is 1.95. The molecule has 1 aromatic heterocycles. The van der Waals surface area contributed by atoms with Gasteiger partial charge in [-0.05, 0) is 19.8 Å². The van der Waals surface area contributed by atoms with Gasteiger partial charge < -0.3 is 10.2 Å². The number of rotatable bonds is 3. The van der Waals surface area contributed by atoms with E-state index < -0.39 is 11.7 Å². The lowest BCUT2D eigenvalue weighted by Crippen LogP contribution is -2.45. The third-order valence-electron chi connectivity index (χ3n) is 3.37. The number of aromatic nitrogens is 1. The highest BCUT2D eigenvalue weighted by molar-refractivity contribution is 7.09. The second-order valence-corrected chi connectivity index (χ2v) is 5.71. The summed E-state index contributed by atoms with van der Waals surface area (Å²) in [5.41, 5.74) is 0.112. The van der Waals surface area contributed by atoms with Gasteiger partial charge in [0.1, 0.15) is 0 Å². The Morgan fingerprint density at radius 1 is 1.44 bits per heavy atom. The van der Waals surface area contributed by atoms with E-state index in [0.29, 0.717) is 6.42 Å². The Hall–Kier alpha value is -0.450. The van der Waals surface area contributed by atoms with Gasteiger partial charge >= 0.3 is 0 Å². The smallest absolute Gasteiger partial charge is 0.0955 e. The van der Waals surface area contributed by atoms with Crippen LogP contribution in [0.15, 0.2) is 5.38 Å². The molecule has 1 aliphatic carbocycles. The van der Waals surface area contributed by atoms with Gasteiger partial charge in [-0.1, -0.05) is 19.3 Å². The van der Waals surface area contributed by atoms with Crippen molar-refractivity contribution >= 4 is 11.3 Å². The van der Waals surface area contributed by atoms with Crippen LogP contribution >= 0.6 is 11.3 Å². The third-order valence-corrected chi connectivity index (χ3v) is 4.36. The number of nitrogens with zero attached hydrogens (tertiary/aromatic N) is 1. The monoisotopic (exact) mass is 241 g/mol. The van der Waals surface area contributed by atoms with Gasteiger partial charge in [0.2, 0.25) is 0 Å². The Labute approximate surface area is 100 Å². The fourth-order valence-electron chi connectivity index (χ4n) is 2.35. The van der Waals surface area contributed by atoms with E-state index in [1.807, 2.05) is 12.3 Å². The largest absolute Gasteiger partial charge is 0.390 e. The van der Waals surface area contributed by atoms with Crippen molar-refractivity contribution in [3.05, 3.63) is 16.1 Å². The van der Waals surface area contributed by atoms with E-state index in [1.54, 1.807) is 11.3 Å². The van der Waals surface area contributed by atoms with E-state index in [2.05, 4.69) is 4.98 Å². The summed E-state index contributed by atoms with van der Waals surface area (Å²) >= 11 is 1.56. The van der Waals surface area contributed by atoms with Crippen molar-refractivity contribution in [2.75, 3.05) is 0 Å². The molecule has 1 unspecified atom stereocenters. The third kappa shape index (κ3) is 2.62. The molecule has 1 heterocycles. The minimum atomic E-state index is -0.877. The van der Waals surface area contributed by atoms with Gasteiger partial charge in [0, 0.05) is 17.5 Å². The van der Waals surface area contributed by atoms with Gasteiger partial charge in [0.15, 0.2) is 0 Å². The topological polar surface area (TPSA) is 53.4 Å². The van der Waals surface area contributed by atoms with Gasteiger partial charge in [0.05, 0.1) is 16.7 Å². The molecule has 16 heavy (non-hydrogen) atoms. The summed E-state index contributed by atoms with van der Waals surface area (Å²) in [6, 6.07) is 0. The van der Waals surface area contributed by atoms with Crippen molar-refractivity contribution < 1.29 is 10.2 Å². The molecule has 1 atom stereocenters. The number of hydrogen-bond donors (Lipinski definition) is 2. The first-order valence-corrected chi connectivity index (χ1v) is 6.79. The number of aliphatic hydroxyl groups excluding tert-OH is 1. The first-order chi connectivity index (χ1) is 7.60. The maximum absolute atomic E-state index is 10.3. The van der Waals surface area contributed by atoms with Crippen LogP contribution in [0.3, 0.4) is 0 Å². The number of thiazole rings is 1. The minimum Gasteiger partial charge on any atom is -0.390 e. The van der Waals surface area contributed by atoms with Crippen molar-refractivity contribution in [3.63, 3.8) is 0 Å². The highest BCUT2D eigenvalue weighted by atomic mass is 32.1. The minimum absolute atomic E-state index is 0.481. The quantitative estimate of drug-likeness (QED) is 0.851. The molecule has 1 fully saturated rings. The van der Waals surface area contributed by atoms with Crippen molar-refractivity contribution in [1.82, 2.24) is 4.98 Å². The van der Waals surface area contributed by atoms with Crippen LogP contribution in [0.5, 0.6) is 0 Å². The molecule has 0 aromatic carbocycles. The summed E-state index contributed by atoms with van der Waals surface area (Å²) in [7, 11) is 0. The van der Waals surface area contributed by atoms with E-state index in [9.17, 15) is 10.2 Å². The lowest BCUT2D eigenvalue weighted by molar-refractivity contribution is -0.0960. The molecular weight excluding hydrogens is 222 g/mol. The second-order valence-electron chi connectivity index (χ2n) is 4.77. The number of hydrogen-bond acceptors (Lipinski definition) is 4. The molecule has 3 nitrogen and oxygen atoms in total. The first-order valence-electron chi connectivity index (χ1n) is 5.92. The molecular formula is C12H19NO2S. The normalized spacial score (nSPS) is 21.9. The number of aliphatic hydroxyl groups is 2.